The molecule has 0 bridgehead atoms. The lowest BCUT2D eigenvalue weighted by molar-refractivity contribution is -0.0567. The number of hydrogen-bond donors (Lipinski definition) is 0. The van der Waals surface area contributed by atoms with Crippen LogP contribution in [0.3, 0.4) is 0 Å². The molecule has 0 aromatic heterocycles. The molecule has 108 valence electrons. The molecule has 0 aromatic carbocycles. The molecular weight excluding hydrogens is 222 g/mol. The average Bonchev–Trinajstić information content (AvgIpc) is 2.42. The third-order valence-electron chi connectivity index (χ3n) is 3.64. The van der Waals surface area contributed by atoms with Crippen molar-refractivity contribution >= 4 is 0 Å². The summed E-state index contributed by atoms with van der Waals surface area (Å²) in [6.07, 6.45) is 1.52. The van der Waals surface area contributed by atoms with Gasteiger partial charge in [0, 0.05) is 18.1 Å². The first-order valence-electron chi connectivity index (χ1n) is 7.25. The van der Waals surface area contributed by atoms with Gasteiger partial charge in [-0.15, -0.1) is 0 Å². The standard InChI is InChI=1S/C16H33NO/c1-14(2,3)13-10-12(18-16(7,8)9)11-17(13)15(4,5)6/h12-13H,10-11H2,1-9H3/t12-,13+/m1/s1. The zero-order valence-electron chi connectivity index (χ0n) is 13.9. The van der Waals surface area contributed by atoms with Gasteiger partial charge in [0.05, 0.1) is 11.7 Å². The molecule has 1 saturated heterocycles. The van der Waals surface area contributed by atoms with Gasteiger partial charge in [0.2, 0.25) is 0 Å². The quantitative estimate of drug-likeness (QED) is 0.700. The zero-order valence-corrected chi connectivity index (χ0v) is 13.9. The van der Waals surface area contributed by atoms with Crippen LogP contribution in [-0.4, -0.2) is 34.7 Å². The molecule has 0 radical (unpaired) electrons. The first-order chi connectivity index (χ1) is 7.81. The lowest BCUT2D eigenvalue weighted by atomic mass is 9.83. The molecule has 1 aliphatic rings. The van der Waals surface area contributed by atoms with E-state index in [-0.39, 0.29) is 11.1 Å². The normalized spacial score (nSPS) is 27.8. The molecule has 0 unspecified atom stereocenters. The van der Waals surface area contributed by atoms with E-state index in [9.17, 15) is 0 Å². The van der Waals surface area contributed by atoms with E-state index in [1.807, 2.05) is 0 Å². The highest BCUT2D eigenvalue weighted by Crippen LogP contribution is 2.38. The zero-order chi connectivity index (χ0) is 14.4. The van der Waals surface area contributed by atoms with Crippen molar-refractivity contribution in [2.75, 3.05) is 6.54 Å². The van der Waals surface area contributed by atoms with E-state index < -0.39 is 0 Å². The molecule has 0 N–H and O–H groups in total. The molecule has 1 aliphatic heterocycles. The fraction of sp³-hybridized carbons (Fsp3) is 1.00. The highest BCUT2D eigenvalue weighted by molar-refractivity contribution is 4.98. The van der Waals surface area contributed by atoms with Crippen molar-refractivity contribution in [3.8, 4) is 0 Å². The molecule has 0 aliphatic carbocycles. The predicted molar refractivity (Wildman–Crippen MR) is 78.9 cm³/mol. The summed E-state index contributed by atoms with van der Waals surface area (Å²) in [6.45, 7) is 21.5. The minimum atomic E-state index is -0.0407. The molecule has 18 heavy (non-hydrogen) atoms. The van der Waals surface area contributed by atoms with Crippen molar-refractivity contribution in [2.24, 2.45) is 5.41 Å². The lowest BCUT2D eigenvalue weighted by Gasteiger charge is -2.42. The fourth-order valence-corrected chi connectivity index (χ4v) is 2.95. The molecule has 1 fully saturated rings. The minimum absolute atomic E-state index is 0.0407. The van der Waals surface area contributed by atoms with E-state index in [0.717, 1.165) is 13.0 Å². The lowest BCUT2D eigenvalue weighted by Crippen LogP contribution is -2.49. The molecule has 2 atom stereocenters. The maximum atomic E-state index is 6.21. The van der Waals surface area contributed by atoms with E-state index >= 15 is 0 Å². The second-order valence-electron chi connectivity index (χ2n) is 8.79. The van der Waals surface area contributed by atoms with Crippen LogP contribution in [0.1, 0.15) is 68.7 Å². The van der Waals surface area contributed by atoms with E-state index in [0.29, 0.717) is 17.6 Å². The summed E-state index contributed by atoms with van der Waals surface area (Å²) in [4.78, 5) is 2.63. The summed E-state index contributed by atoms with van der Waals surface area (Å²) in [5, 5.41) is 0. The number of hydrogen-bond acceptors (Lipinski definition) is 2. The summed E-state index contributed by atoms with van der Waals surface area (Å²) < 4.78 is 6.21. The van der Waals surface area contributed by atoms with Crippen molar-refractivity contribution in [1.82, 2.24) is 4.90 Å². The van der Waals surface area contributed by atoms with Gasteiger partial charge in [-0.05, 0) is 53.4 Å². The van der Waals surface area contributed by atoms with Gasteiger partial charge in [-0.3, -0.25) is 4.90 Å². The molecule has 0 amide bonds. The topological polar surface area (TPSA) is 12.5 Å². The van der Waals surface area contributed by atoms with Gasteiger partial charge >= 0.3 is 0 Å². The van der Waals surface area contributed by atoms with Gasteiger partial charge < -0.3 is 4.74 Å². The van der Waals surface area contributed by atoms with Gasteiger partial charge in [0.15, 0.2) is 0 Å². The van der Waals surface area contributed by atoms with E-state index in [1.54, 1.807) is 0 Å². The number of likely N-dealkylation sites (tertiary alicyclic amines) is 1. The predicted octanol–water partition coefficient (Wildman–Crippen LogP) is 4.09. The van der Waals surface area contributed by atoms with Crippen LogP contribution in [0.2, 0.25) is 0 Å². The second-order valence-corrected chi connectivity index (χ2v) is 8.79. The van der Waals surface area contributed by atoms with Crippen molar-refractivity contribution in [1.29, 1.82) is 0 Å². The van der Waals surface area contributed by atoms with Gasteiger partial charge in [-0.2, -0.15) is 0 Å². The largest absolute Gasteiger partial charge is 0.371 e. The van der Waals surface area contributed by atoms with Gasteiger partial charge in [-0.25, -0.2) is 0 Å². The Balaban J connectivity index is 2.84. The smallest absolute Gasteiger partial charge is 0.0724 e. The van der Waals surface area contributed by atoms with Crippen LogP contribution in [0.15, 0.2) is 0 Å². The summed E-state index contributed by atoms with van der Waals surface area (Å²) >= 11 is 0. The first-order valence-corrected chi connectivity index (χ1v) is 7.25. The molecule has 1 heterocycles. The Kier molecular flexibility index (Phi) is 4.25. The van der Waals surface area contributed by atoms with Crippen LogP contribution in [0, 0.1) is 5.41 Å². The molecule has 0 spiro atoms. The Bertz CT molecular complexity index is 255. The van der Waals surface area contributed by atoms with Gasteiger partial charge in [0.25, 0.3) is 0 Å². The van der Waals surface area contributed by atoms with Crippen LogP contribution in [0.25, 0.3) is 0 Å². The minimum Gasteiger partial charge on any atom is -0.371 e. The maximum Gasteiger partial charge on any atom is 0.0724 e. The van der Waals surface area contributed by atoms with Crippen LogP contribution in [0.5, 0.6) is 0 Å². The number of nitrogens with zero attached hydrogens (tertiary/aromatic N) is 1. The Morgan fingerprint density at radius 2 is 1.39 bits per heavy atom. The van der Waals surface area contributed by atoms with Crippen molar-refractivity contribution in [2.45, 2.75) is 92.0 Å². The van der Waals surface area contributed by atoms with Crippen molar-refractivity contribution in [3.05, 3.63) is 0 Å². The first kappa shape index (κ1) is 16.0. The third kappa shape index (κ3) is 4.24. The van der Waals surface area contributed by atoms with Crippen LogP contribution in [0.4, 0.5) is 0 Å². The molecule has 1 rings (SSSR count). The Labute approximate surface area is 114 Å². The third-order valence-corrected chi connectivity index (χ3v) is 3.64. The van der Waals surface area contributed by atoms with Gasteiger partial charge in [-0.1, -0.05) is 20.8 Å². The Morgan fingerprint density at radius 3 is 1.67 bits per heavy atom. The monoisotopic (exact) mass is 255 g/mol. The SMILES string of the molecule is CC(C)(C)O[C@@H]1C[C@@H](C(C)(C)C)N(C(C)(C)C)C1. The number of rotatable bonds is 1. The Hall–Kier alpha value is -0.0800. The summed E-state index contributed by atoms with van der Waals surface area (Å²) in [7, 11) is 0. The second kappa shape index (κ2) is 4.79. The summed E-state index contributed by atoms with van der Waals surface area (Å²) in [5.41, 5.74) is 0.484. The highest BCUT2D eigenvalue weighted by Gasteiger charge is 2.44. The molecule has 0 aromatic rings. The van der Waals surface area contributed by atoms with Gasteiger partial charge in [0.1, 0.15) is 0 Å². The van der Waals surface area contributed by atoms with Crippen LogP contribution >= 0.6 is 0 Å². The van der Waals surface area contributed by atoms with E-state index in [1.165, 1.54) is 0 Å². The maximum absolute atomic E-state index is 6.21. The summed E-state index contributed by atoms with van der Waals surface area (Å²) in [6, 6.07) is 0.602. The van der Waals surface area contributed by atoms with Crippen LogP contribution in [-0.2, 0) is 4.74 Å². The number of ether oxygens (including phenoxy) is 1. The fourth-order valence-electron chi connectivity index (χ4n) is 2.95. The van der Waals surface area contributed by atoms with Crippen LogP contribution < -0.4 is 0 Å². The van der Waals surface area contributed by atoms with E-state index in [2.05, 4.69) is 67.2 Å². The molecule has 2 heteroatoms. The molecular formula is C16H33NO. The molecule has 0 saturated carbocycles. The van der Waals surface area contributed by atoms with Crippen molar-refractivity contribution in [3.63, 3.8) is 0 Å². The Morgan fingerprint density at radius 1 is 0.889 bits per heavy atom. The van der Waals surface area contributed by atoms with E-state index in [4.69, 9.17) is 4.74 Å². The highest BCUT2D eigenvalue weighted by atomic mass is 16.5. The van der Waals surface area contributed by atoms with Crippen molar-refractivity contribution < 1.29 is 4.74 Å². The average molecular weight is 255 g/mol. The molecule has 2 nitrogen and oxygen atoms in total. The summed E-state index contributed by atoms with van der Waals surface area (Å²) in [5.74, 6) is 0.